The first-order valence-electron chi connectivity index (χ1n) is 6.83. The number of rotatable bonds is 6. The van der Waals surface area contributed by atoms with Crippen LogP contribution in [0.2, 0.25) is 10.0 Å². The number of amides is 1. The van der Waals surface area contributed by atoms with Crippen LogP contribution in [0.4, 0.5) is 5.82 Å². The van der Waals surface area contributed by atoms with Crippen LogP contribution in [0.25, 0.3) is 0 Å². The molecule has 2 rings (SSSR count). The van der Waals surface area contributed by atoms with Gasteiger partial charge in [0.05, 0.1) is 22.8 Å². The Labute approximate surface area is 149 Å². The van der Waals surface area contributed by atoms with Gasteiger partial charge in [-0.3, -0.25) is 4.79 Å². The van der Waals surface area contributed by atoms with Gasteiger partial charge in [-0.2, -0.15) is 0 Å². The Balaban J connectivity index is 2.02. The fourth-order valence-electron chi connectivity index (χ4n) is 1.93. The van der Waals surface area contributed by atoms with Gasteiger partial charge in [-0.25, -0.2) is 12.7 Å². The summed E-state index contributed by atoms with van der Waals surface area (Å²) in [7, 11) is -3.56. The lowest BCUT2D eigenvalue weighted by Crippen LogP contribution is -2.38. The van der Waals surface area contributed by atoms with Gasteiger partial charge in [-0.05, 0) is 25.1 Å². The highest BCUT2D eigenvalue weighted by atomic mass is 35.5. The van der Waals surface area contributed by atoms with Crippen LogP contribution in [0.15, 0.2) is 28.8 Å². The molecule has 1 heterocycles. The number of sulfonamides is 1. The third-order valence-corrected chi connectivity index (χ3v) is 4.96. The van der Waals surface area contributed by atoms with Crippen LogP contribution in [0.1, 0.15) is 16.1 Å². The van der Waals surface area contributed by atoms with E-state index in [1.54, 1.807) is 6.92 Å². The maximum absolute atomic E-state index is 12.1. The smallest absolute Gasteiger partial charge is 0.251 e. The van der Waals surface area contributed by atoms with Crippen molar-refractivity contribution in [3.8, 4) is 0 Å². The zero-order chi connectivity index (χ0) is 17.9. The molecule has 0 saturated heterocycles. The van der Waals surface area contributed by atoms with E-state index in [9.17, 15) is 13.2 Å². The lowest BCUT2D eigenvalue weighted by molar-refractivity contribution is 0.0955. The summed E-state index contributed by atoms with van der Waals surface area (Å²) >= 11 is 11.7. The number of aryl methyl sites for hydroxylation is 1. The average molecular weight is 392 g/mol. The van der Waals surface area contributed by atoms with E-state index in [0.29, 0.717) is 16.3 Å². The van der Waals surface area contributed by atoms with Crippen molar-refractivity contribution in [1.82, 2.24) is 10.5 Å². The quantitative estimate of drug-likeness (QED) is 0.816. The normalized spacial score (nSPS) is 11.3. The van der Waals surface area contributed by atoms with E-state index in [1.807, 2.05) is 0 Å². The number of benzene rings is 1. The van der Waals surface area contributed by atoms with Crippen LogP contribution in [0, 0.1) is 6.92 Å². The van der Waals surface area contributed by atoms with Gasteiger partial charge < -0.3 is 9.84 Å². The van der Waals surface area contributed by atoms with E-state index in [1.165, 1.54) is 24.3 Å². The fourth-order valence-corrected chi connectivity index (χ4v) is 3.08. The van der Waals surface area contributed by atoms with E-state index in [-0.39, 0.29) is 23.9 Å². The first-order chi connectivity index (χ1) is 11.2. The Bertz CT molecular complexity index is 851. The van der Waals surface area contributed by atoms with Crippen molar-refractivity contribution in [1.29, 1.82) is 0 Å². The van der Waals surface area contributed by atoms with Gasteiger partial charge in [0.1, 0.15) is 5.76 Å². The second kappa shape index (κ2) is 7.42. The van der Waals surface area contributed by atoms with E-state index < -0.39 is 15.9 Å². The van der Waals surface area contributed by atoms with E-state index in [0.717, 1.165) is 10.6 Å². The van der Waals surface area contributed by atoms with E-state index >= 15 is 0 Å². The number of hydrogen-bond donors (Lipinski definition) is 1. The Morgan fingerprint density at radius 3 is 2.54 bits per heavy atom. The molecule has 0 aliphatic heterocycles. The van der Waals surface area contributed by atoms with Crippen molar-refractivity contribution >= 4 is 45.0 Å². The van der Waals surface area contributed by atoms with Gasteiger partial charge in [0, 0.05) is 18.2 Å². The van der Waals surface area contributed by atoms with Gasteiger partial charge in [0.15, 0.2) is 5.82 Å². The minimum absolute atomic E-state index is 0.0118. The molecule has 0 saturated carbocycles. The van der Waals surface area contributed by atoms with Crippen LogP contribution in [-0.4, -0.2) is 38.8 Å². The number of hydrogen-bond acceptors (Lipinski definition) is 5. The van der Waals surface area contributed by atoms with Crippen molar-refractivity contribution in [2.75, 3.05) is 23.7 Å². The first kappa shape index (κ1) is 18.6. The summed E-state index contributed by atoms with van der Waals surface area (Å²) in [5, 5.41) is 6.92. The lowest BCUT2D eigenvalue weighted by atomic mass is 10.2. The SMILES string of the molecule is Cc1cc(N(CCNC(=O)c2ccc(Cl)c(Cl)c2)S(C)(=O)=O)no1. The molecule has 1 aromatic carbocycles. The zero-order valence-corrected chi connectivity index (χ0v) is 15.2. The molecule has 2 aromatic rings. The molecule has 1 N–H and O–H groups in total. The molecule has 7 nitrogen and oxygen atoms in total. The molecular formula is C14H15Cl2N3O4S. The maximum atomic E-state index is 12.1. The van der Waals surface area contributed by atoms with Gasteiger partial charge >= 0.3 is 0 Å². The summed E-state index contributed by atoms with van der Waals surface area (Å²) in [6, 6.07) is 5.98. The monoisotopic (exact) mass is 391 g/mol. The summed E-state index contributed by atoms with van der Waals surface area (Å²) in [5.41, 5.74) is 0.326. The maximum Gasteiger partial charge on any atom is 0.251 e. The van der Waals surface area contributed by atoms with Crippen molar-refractivity contribution < 1.29 is 17.7 Å². The van der Waals surface area contributed by atoms with Gasteiger partial charge in [-0.15, -0.1) is 0 Å². The molecule has 130 valence electrons. The molecule has 0 spiro atoms. The number of nitrogens with one attached hydrogen (secondary N) is 1. The summed E-state index contributed by atoms with van der Waals surface area (Å²) in [6.07, 6.45) is 1.05. The number of halogens is 2. The highest BCUT2D eigenvalue weighted by Gasteiger charge is 2.21. The molecular weight excluding hydrogens is 377 g/mol. The number of aromatic nitrogens is 1. The summed E-state index contributed by atoms with van der Waals surface area (Å²) in [5.74, 6) is 0.260. The van der Waals surface area contributed by atoms with Crippen molar-refractivity contribution in [3.63, 3.8) is 0 Å². The van der Waals surface area contributed by atoms with Crippen molar-refractivity contribution in [2.24, 2.45) is 0 Å². The van der Waals surface area contributed by atoms with Crippen molar-refractivity contribution in [3.05, 3.63) is 45.6 Å². The molecule has 10 heteroatoms. The minimum Gasteiger partial charge on any atom is -0.360 e. The minimum atomic E-state index is -3.56. The third-order valence-electron chi connectivity index (χ3n) is 3.05. The van der Waals surface area contributed by atoms with Gasteiger partial charge in [0.25, 0.3) is 5.91 Å². The number of nitrogens with zero attached hydrogens (tertiary/aromatic N) is 2. The number of carbonyl (C=O) groups excluding carboxylic acids is 1. The molecule has 0 aliphatic carbocycles. The van der Waals surface area contributed by atoms with Gasteiger partial charge in [-0.1, -0.05) is 28.4 Å². The Morgan fingerprint density at radius 1 is 1.29 bits per heavy atom. The van der Waals surface area contributed by atoms with E-state index in [4.69, 9.17) is 27.7 Å². The molecule has 1 aromatic heterocycles. The highest BCUT2D eigenvalue weighted by molar-refractivity contribution is 7.92. The van der Waals surface area contributed by atoms with Crippen LogP contribution in [-0.2, 0) is 10.0 Å². The third kappa shape index (κ3) is 4.62. The summed E-state index contributed by atoms with van der Waals surface area (Å²) < 4.78 is 29.7. The zero-order valence-electron chi connectivity index (χ0n) is 12.9. The molecule has 0 atom stereocenters. The molecule has 0 fully saturated rings. The molecule has 24 heavy (non-hydrogen) atoms. The predicted octanol–water partition coefficient (Wildman–Crippen LogP) is 2.49. The summed E-state index contributed by atoms with van der Waals surface area (Å²) in [6.45, 7) is 1.75. The van der Waals surface area contributed by atoms with Crippen LogP contribution in [0.5, 0.6) is 0 Å². The topological polar surface area (TPSA) is 92.5 Å². The number of anilines is 1. The first-order valence-corrected chi connectivity index (χ1v) is 9.43. The standard InChI is InChI=1S/C14H15Cl2N3O4S/c1-9-7-13(18-23-9)19(24(2,21)22)6-5-17-14(20)10-3-4-11(15)12(16)8-10/h3-4,7-8H,5-6H2,1-2H3,(H,17,20). The van der Waals surface area contributed by atoms with Crippen molar-refractivity contribution in [2.45, 2.75) is 6.92 Å². The predicted molar refractivity (Wildman–Crippen MR) is 92.2 cm³/mol. The lowest BCUT2D eigenvalue weighted by Gasteiger charge is -2.19. The Morgan fingerprint density at radius 2 is 2.00 bits per heavy atom. The average Bonchev–Trinajstić information content (AvgIpc) is 2.91. The second-order valence-electron chi connectivity index (χ2n) is 5.02. The molecule has 0 bridgehead atoms. The summed E-state index contributed by atoms with van der Waals surface area (Å²) in [4.78, 5) is 12.1. The van der Waals surface area contributed by atoms with E-state index in [2.05, 4.69) is 10.5 Å². The highest BCUT2D eigenvalue weighted by Crippen LogP contribution is 2.22. The Hall–Kier alpha value is -1.77. The van der Waals surface area contributed by atoms with Crippen LogP contribution < -0.4 is 9.62 Å². The molecule has 0 unspecified atom stereocenters. The molecule has 0 aliphatic rings. The van der Waals surface area contributed by atoms with Crippen LogP contribution >= 0.6 is 23.2 Å². The largest absolute Gasteiger partial charge is 0.360 e. The Kier molecular flexibility index (Phi) is 5.74. The molecule has 0 radical (unpaired) electrons. The number of carbonyl (C=O) groups is 1. The van der Waals surface area contributed by atoms with Crippen LogP contribution in [0.3, 0.4) is 0 Å². The molecule has 1 amide bonds. The fraction of sp³-hybridized carbons (Fsp3) is 0.286. The van der Waals surface area contributed by atoms with Gasteiger partial charge in [0.2, 0.25) is 10.0 Å². The second-order valence-corrected chi connectivity index (χ2v) is 7.74.